The fourth-order valence-electron chi connectivity index (χ4n) is 3.95. The molecule has 1 unspecified atom stereocenters. The predicted octanol–water partition coefficient (Wildman–Crippen LogP) is 5.42. The lowest BCUT2D eigenvalue weighted by Crippen LogP contribution is -2.27. The van der Waals surface area contributed by atoms with E-state index in [4.69, 9.17) is 18.9 Å². The van der Waals surface area contributed by atoms with E-state index in [9.17, 15) is 9.59 Å². The molecule has 1 aromatic heterocycles. The molecule has 190 valence electrons. The van der Waals surface area contributed by atoms with Crippen molar-refractivity contribution < 1.29 is 28.5 Å². The fraction of sp³-hybridized carbons (Fsp3) is 0.393. The Balaban J connectivity index is 1.61. The lowest BCUT2D eigenvalue weighted by atomic mass is 9.94. The molecular weight excluding hydrogens is 460 g/mol. The molecule has 8 nitrogen and oxygen atoms in total. The number of imidazole rings is 1. The monoisotopic (exact) mass is 492 g/mol. The molecule has 0 fully saturated rings. The molecule has 2 aromatic carbocycles. The number of nitrogens with zero attached hydrogens (tertiary/aromatic N) is 2. The summed E-state index contributed by atoms with van der Waals surface area (Å²) in [6, 6.07) is 14.9. The van der Waals surface area contributed by atoms with Gasteiger partial charge < -0.3 is 18.9 Å². The predicted molar refractivity (Wildman–Crippen MR) is 133 cm³/mol. The molecule has 0 saturated heterocycles. The summed E-state index contributed by atoms with van der Waals surface area (Å²) in [6.07, 6.45) is 2.83. The normalized spacial score (nSPS) is 13.3. The van der Waals surface area contributed by atoms with Gasteiger partial charge in [0.1, 0.15) is 18.0 Å². The van der Waals surface area contributed by atoms with Crippen molar-refractivity contribution in [2.75, 3.05) is 6.79 Å². The lowest BCUT2D eigenvalue weighted by molar-refractivity contribution is -0.146. The smallest absolute Gasteiger partial charge is 0.419 e. The van der Waals surface area contributed by atoms with Crippen LogP contribution in [0.15, 0.2) is 54.7 Å². The second-order valence-corrected chi connectivity index (χ2v) is 9.71. The van der Waals surface area contributed by atoms with Gasteiger partial charge in [-0.25, -0.2) is 14.3 Å². The summed E-state index contributed by atoms with van der Waals surface area (Å²) < 4.78 is 23.6. The van der Waals surface area contributed by atoms with Crippen LogP contribution >= 0.6 is 0 Å². The number of carbonyl (C=O) groups is 2. The quantitative estimate of drug-likeness (QED) is 0.388. The third kappa shape index (κ3) is 6.24. The lowest BCUT2D eigenvalue weighted by Gasteiger charge is -2.20. The van der Waals surface area contributed by atoms with E-state index in [0.717, 1.165) is 17.5 Å². The number of hydrogen-bond donors (Lipinski definition) is 0. The van der Waals surface area contributed by atoms with Crippen LogP contribution in [0.3, 0.4) is 0 Å². The van der Waals surface area contributed by atoms with Crippen LogP contribution in [0, 0.1) is 0 Å². The van der Waals surface area contributed by atoms with Crippen LogP contribution < -0.4 is 9.47 Å². The standard InChI is InChI=1S/C28H32N2O6/c1-5-9-25-29-21(16-30(25)27(32)36-28(2,3)4)15-22(20-12-13-23-24(14-20)35-18-34-23)26(31)33-17-19-10-7-6-8-11-19/h6-8,10-14,16,22H,5,9,15,17-18H2,1-4H3. The third-order valence-corrected chi connectivity index (χ3v) is 5.61. The minimum atomic E-state index is -0.653. The van der Waals surface area contributed by atoms with Crippen molar-refractivity contribution >= 4 is 12.1 Å². The van der Waals surface area contributed by atoms with Gasteiger partial charge in [0.15, 0.2) is 11.5 Å². The van der Waals surface area contributed by atoms with Crippen LogP contribution in [0.5, 0.6) is 11.5 Å². The van der Waals surface area contributed by atoms with Crippen LogP contribution in [0.2, 0.25) is 0 Å². The second-order valence-electron chi connectivity index (χ2n) is 9.71. The highest BCUT2D eigenvalue weighted by Gasteiger charge is 2.28. The summed E-state index contributed by atoms with van der Waals surface area (Å²) in [5.41, 5.74) is 1.58. The molecule has 2 heterocycles. The van der Waals surface area contributed by atoms with Crippen LogP contribution in [-0.2, 0) is 33.7 Å². The molecule has 0 bridgehead atoms. The average molecular weight is 493 g/mol. The number of carbonyl (C=O) groups excluding carboxylic acids is 2. The second kappa shape index (κ2) is 10.8. The number of ether oxygens (including phenoxy) is 4. The Morgan fingerprint density at radius 1 is 1.08 bits per heavy atom. The largest absolute Gasteiger partial charge is 0.460 e. The van der Waals surface area contributed by atoms with Crippen molar-refractivity contribution in [1.29, 1.82) is 0 Å². The van der Waals surface area contributed by atoms with E-state index in [1.165, 1.54) is 4.57 Å². The van der Waals surface area contributed by atoms with E-state index < -0.39 is 17.6 Å². The molecule has 8 heteroatoms. The maximum atomic E-state index is 13.3. The summed E-state index contributed by atoms with van der Waals surface area (Å²) in [4.78, 5) is 30.9. The van der Waals surface area contributed by atoms with Gasteiger partial charge in [0, 0.05) is 19.0 Å². The average Bonchev–Trinajstić information content (AvgIpc) is 3.47. The molecule has 36 heavy (non-hydrogen) atoms. The van der Waals surface area contributed by atoms with Crippen molar-refractivity contribution in [2.24, 2.45) is 0 Å². The van der Waals surface area contributed by atoms with Crippen molar-refractivity contribution in [3.8, 4) is 11.5 Å². The summed E-state index contributed by atoms with van der Waals surface area (Å²) in [7, 11) is 0. The van der Waals surface area contributed by atoms with Crippen molar-refractivity contribution in [1.82, 2.24) is 9.55 Å². The van der Waals surface area contributed by atoms with Crippen LogP contribution in [0.1, 0.15) is 62.7 Å². The van der Waals surface area contributed by atoms with E-state index in [2.05, 4.69) is 4.98 Å². The number of aryl methyl sites for hydroxylation is 1. The maximum absolute atomic E-state index is 13.3. The van der Waals surface area contributed by atoms with Gasteiger partial charge in [0.2, 0.25) is 6.79 Å². The zero-order valence-electron chi connectivity index (χ0n) is 21.2. The molecule has 0 aliphatic carbocycles. The number of fused-ring (bicyclic) bond motifs is 1. The minimum absolute atomic E-state index is 0.141. The molecule has 0 N–H and O–H groups in total. The minimum Gasteiger partial charge on any atom is -0.460 e. The van der Waals surface area contributed by atoms with Crippen molar-refractivity contribution in [3.63, 3.8) is 0 Å². The molecule has 1 aliphatic heterocycles. The van der Waals surface area contributed by atoms with E-state index in [-0.39, 0.29) is 25.8 Å². The van der Waals surface area contributed by atoms with Gasteiger partial charge in [-0.15, -0.1) is 0 Å². The topological polar surface area (TPSA) is 88.9 Å². The van der Waals surface area contributed by atoms with Gasteiger partial charge in [-0.05, 0) is 50.5 Å². The first-order chi connectivity index (χ1) is 17.2. The third-order valence-electron chi connectivity index (χ3n) is 5.61. The Bertz CT molecular complexity index is 1210. The first-order valence-corrected chi connectivity index (χ1v) is 12.1. The van der Waals surface area contributed by atoms with E-state index in [1.54, 1.807) is 18.3 Å². The molecule has 0 saturated carbocycles. The zero-order valence-corrected chi connectivity index (χ0v) is 21.2. The summed E-state index contributed by atoms with van der Waals surface area (Å²) >= 11 is 0. The first-order valence-electron chi connectivity index (χ1n) is 12.1. The molecule has 0 amide bonds. The Morgan fingerprint density at radius 2 is 1.83 bits per heavy atom. The number of rotatable bonds is 8. The van der Waals surface area contributed by atoms with Crippen LogP contribution in [0.25, 0.3) is 0 Å². The highest BCUT2D eigenvalue weighted by Crippen LogP contribution is 2.36. The Morgan fingerprint density at radius 3 is 2.56 bits per heavy atom. The Hall–Kier alpha value is -3.81. The number of benzene rings is 2. The molecule has 4 rings (SSSR count). The molecule has 3 aromatic rings. The Labute approximate surface area is 211 Å². The number of hydrogen-bond acceptors (Lipinski definition) is 7. The van der Waals surface area contributed by atoms with E-state index in [0.29, 0.717) is 29.4 Å². The number of aromatic nitrogens is 2. The Kier molecular flexibility index (Phi) is 7.62. The van der Waals surface area contributed by atoms with Crippen molar-refractivity contribution in [2.45, 2.75) is 65.1 Å². The highest BCUT2D eigenvalue weighted by molar-refractivity contribution is 5.79. The summed E-state index contributed by atoms with van der Waals surface area (Å²) in [6.45, 7) is 7.78. The zero-order chi connectivity index (χ0) is 25.7. The molecule has 0 radical (unpaired) electrons. The SMILES string of the molecule is CCCc1nc(CC(C(=O)OCc2ccccc2)c2ccc3c(c2)OCO3)cn1C(=O)OC(C)(C)C. The van der Waals surface area contributed by atoms with Gasteiger partial charge in [-0.3, -0.25) is 4.79 Å². The fourth-order valence-corrected chi connectivity index (χ4v) is 3.95. The van der Waals surface area contributed by atoms with Gasteiger partial charge in [0.05, 0.1) is 11.6 Å². The first kappa shape index (κ1) is 25.3. The summed E-state index contributed by atoms with van der Waals surface area (Å²) in [5.74, 6) is 0.777. The van der Waals surface area contributed by atoms with E-state index in [1.807, 2.05) is 64.1 Å². The van der Waals surface area contributed by atoms with Gasteiger partial charge >= 0.3 is 12.1 Å². The van der Waals surface area contributed by atoms with Gasteiger partial charge in [-0.1, -0.05) is 43.3 Å². The molecular formula is C28H32N2O6. The van der Waals surface area contributed by atoms with Gasteiger partial charge in [-0.2, -0.15) is 0 Å². The van der Waals surface area contributed by atoms with Crippen LogP contribution in [0.4, 0.5) is 4.79 Å². The molecule has 1 atom stereocenters. The van der Waals surface area contributed by atoms with Gasteiger partial charge in [0.25, 0.3) is 0 Å². The maximum Gasteiger partial charge on any atom is 0.419 e. The molecule has 1 aliphatic rings. The summed E-state index contributed by atoms with van der Waals surface area (Å²) in [5, 5.41) is 0. The van der Waals surface area contributed by atoms with Crippen LogP contribution in [-0.4, -0.2) is 34.0 Å². The van der Waals surface area contributed by atoms with E-state index >= 15 is 0 Å². The van der Waals surface area contributed by atoms with Crippen molar-refractivity contribution in [3.05, 3.63) is 77.4 Å². The molecule has 0 spiro atoms. The highest BCUT2D eigenvalue weighted by atomic mass is 16.7. The number of esters is 1.